The molecule has 1 aromatic heterocycles. The minimum absolute atomic E-state index is 0.0357. The summed E-state index contributed by atoms with van der Waals surface area (Å²) >= 11 is 6.66. The maximum absolute atomic E-state index is 6.66. The van der Waals surface area contributed by atoms with E-state index in [1.165, 1.54) is 29.1 Å². The molecule has 0 bridgehead atoms. The van der Waals surface area contributed by atoms with Crippen LogP contribution in [-0.2, 0) is 23.2 Å². The van der Waals surface area contributed by atoms with Crippen LogP contribution in [0, 0.1) is 0 Å². The second-order valence-corrected chi connectivity index (χ2v) is 8.39. The number of benzene rings is 1. The number of nitrogens with zero attached hydrogens (tertiary/aromatic N) is 3. The second-order valence-electron chi connectivity index (χ2n) is 7.98. The van der Waals surface area contributed by atoms with Crippen LogP contribution in [0.2, 0.25) is 5.02 Å². The van der Waals surface area contributed by atoms with E-state index >= 15 is 0 Å². The van der Waals surface area contributed by atoms with E-state index in [1.807, 2.05) is 12.1 Å². The van der Waals surface area contributed by atoms with Crippen LogP contribution in [0.4, 0.5) is 5.82 Å². The lowest BCUT2D eigenvalue weighted by Gasteiger charge is -2.42. The normalized spacial score (nSPS) is 22.0. The van der Waals surface area contributed by atoms with Crippen LogP contribution in [0.1, 0.15) is 42.5 Å². The van der Waals surface area contributed by atoms with Gasteiger partial charge in [0.1, 0.15) is 5.82 Å². The van der Waals surface area contributed by atoms with Crippen molar-refractivity contribution >= 4 is 17.4 Å². The molecule has 0 atom stereocenters. The Morgan fingerprint density at radius 3 is 2.67 bits per heavy atom. The van der Waals surface area contributed by atoms with Gasteiger partial charge in [-0.05, 0) is 30.9 Å². The number of aryl methyl sites for hydroxylation is 1. The molecule has 1 saturated carbocycles. The van der Waals surface area contributed by atoms with E-state index in [9.17, 15) is 0 Å². The predicted octanol–water partition coefficient (Wildman–Crippen LogP) is 3.65. The first-order chi connectivity index (χ1) is 13.3. The van der Waals surface area contributed by atoms with Crippen molar-refractivity contribution in [3.8, 4) is 0 Å². The zero-order valence-corrected chi connectivity index (χ0v) is 16.5. The third-order valence-corrected chi connectivity index (χ3v) is 6.75. The maximum atomic E-state index is 6.66. The Labute approximate surface area is 165 Å². The van der Waals surface area contributed by atoms with E-state index in [0.29, 0.717) is 0 Å². The molecule has 1 saturated heterocycles. The minimum Gasteiger partial charge on any atom is -0.379 e. The van der Waals surface area contributed by atoms with Gasteiger partial charge in [-0.15, -0.1) is 0 Å². The number of rotatable bonds is 4. The zero-order valence-electron chi connectivity index (χ0n) is 15.7. The largest absolute Gasteiger partial charge is 0.379 e. The SMILES string of the molecule is Clc1ccccc1C1(c2nn3c(c2CN2CCOCC2)NCCC3)CCC1. The second kappa shape index (κ2) is 7.12. The van der Waals surface area contributed by atoms with Gasteiger partial charge >= 0.3 is 0 Å². The molecular formula is C21H27ClN4O. The molecule has 1 aliphatic carbocycles. The van der Waals surface area contributed by atoms with Gasteiger partial charge in [-0.3, -0.25) is 4.90 Å². The number of anilines is 1. The summed E-state index contributed by atoms with van der Waals surface area (Å²) in [7, 11) is 0. The van der Waals surface area contributed by atoms with Crippen LogP contribution < -0.4 is 5.32 Å². The van der Waals surface area contributed by atoms with Gasteiger partial charge < -0.3 is 10.1 Å². The highest BCUT2D eigenvalue weighted by Gasteiger charge is 2.46. The third kappa shape index (κ3) is 2.96. The number of fused-ring (bicyclic) bond motifs is 1. The third-order valence-electron chi connectivity index (χ3n) is 6.42. The molecule has 27 heavy (non-hydrogen) atoms. The molecule has 2 fully saturated rings. The molecule has 5 nitrogen and oxygen atoms in total. The van der Waals surface area contributed by atoms with Crippen molar-refractivity contribution < 1.29 is 4.74 Å². The smallest absolute Gasteiger partial charge is 0.129 e. The Morgan fingerprint density at radius 1 is 1.11 bits per heavy atom. The lowest BCUT2D eigenvalue weighted by atomic mass is 9.61. The molecule has 3 heterocycles. The molecule has 2 aliphatic heterocycles. The Bertz CT molecular complexity index is 824. The van der Waals surface area contributed by atoms with Crippen molar-refractivity contribution in [3.63, 3.8) is 0 Å². The minimum atomic E-state index is -0.0357. The molecule has 3 aliphatic rings. The number of aromatic nitrogens is 2. The predicted molar refractivity (Wildman–Crippen MR) is 108 cm³/mol. The van der Waals surface area contributed by atoms with Crippen LogP contribution >= 0.6 is 11.6 Å². The lowest BCUT2D eigenvalue weighted by Crippen LogP contribution is -2.39. The lowest BCUT2D eigenvalue weighted by molar-refractivity contribution is 0.0339. The molecule has 0 amide bonds. The molecule has 0 spiro atoms. The summed E-state index contributed by atoms with van der Waals surface area (Å²) < 4.78 is 7.75. The number of hydrogen-bond acceptors (Lipinski definition) is 4. The quantitative estimate of drug-likeness (QED) is 0.870. The van der Waals surface area contributed by atoms with E-state index in [1.54, 1.807) is 0 Å². The first kappa shape index (κ1) is 17.5. The van der Waals surface area contributed by atoms with E-state index in [2.05, 4.69) is 27.0 Å². The molecule has 6 heteroatoms. The Hall–Kier alpha value is -1.56. The van der Waals surface area contributed by atoms with Crippen molar-refractivity contribution in [3.05, 3.63) is 46.1 Å². The van der Waals surface area contributed by atoms with E-state index in [-0.39, 0.29) is 5.41 Å². The summed E-state index contributed by atoms with van der Waals surface area (Å²) in [4.78, 5) is 2.50. The average molecular weight is 387 g/mol. The summed E-state index contributed by atoms with van der Waals surface area (Å²) in [5, 5.41) is 9.67. The number of ether oxygens (including phenoxy) is 1. The topological polar surface area (TPSA) is 42.3 Å². The van der Waals surface area contributed by atoms with E-state index < -0.39 is 0 Å². The van der Waals surface area contributed by atoms with Gasteiger partial charge in [0, 0.05) is 48.7 Å². The molecular weight excluding hydrogens is 360 g/mol. The molecule has 144 valence electrons. The van der Waals surface area contributed by atoms with Gasteiger partial charge in [0.05, 0.1) is 18.9 Å². The van der Waals surface area contributed by atoms with Crippen LogP contribution in [0.25, 0.3) is 0 Å². The molecule has 0 unspecified atom stereocenters. The fraction of sp³-hybridized carbons (Fsp3) is 0.571. The monoisotopic (exact) mass is 386 g/mol. The van der Waals surface area contributed by atoms with Crippen molar-refractivity contribution in [1.82, 2.24) is 14.7 Å². The summed E-state index contributed by atoms with van der Waals surface area (Å²) in [5.74, 6) is 1.22. The molecule has 2 aromatic rings. The summed E-state index contributed by atoms with van der Waals surface area (Å²) in [6.45, 7) is 6.58. The van der Waals surface area contributed by atoms with E-state index in [4.69, 9.17) is 21.4 Å². The highest BCUT2D eigenvalue weighted by atomic mass is 35.5. The van der Waals surface area contributed by atoms with Gasteiger partial charge in [-0.2, -0.15) is 5.10 Å². The summed E-state index contributed by atoms with van der Waals surface area (Å²) in [5.41, 5.74) is 3.83. The van der Waals surface area contributed by atoms with Crippen molar-refractivity contribution in [2.24, 2.45) is 0 Å². The van der Waals surface area contributed by atoms with Gasteiger partial charge in [0.2, 0.25) is 0 Å². The molecule has 1 N–H and O–H groups in total. The molecule has 0 radical (unpaired) electrons. The zero-order chi connectivity index (χ0) is 18.3. The number of hydrogen-bond donors (Lipinski definition) is 1. The van der Waals surface area contributed by atoms with Crippen LogP contribution in [-0.4, -0.2) is 47.5 Å². The summed E-state index contributed by atoms with van der Waals surface area (Å²) in [6, 6.07) is 8.35. The maximum Gasteiger partial charge on any atom is 0.129 e. The van der Waals surface area contributed by atoms with Crippen LogP contribution in [0.3, 0.4) is 0 Å². The Balaban J connectivity index is 1.60. The first-order valence-corrected chi connectivity index (χ1v) is 10.5. The number of morpholine rings is 1. The van der Waals surface area contributed by atoms with Gasteiger partial charge in [-0.25, -0.2) is 4.68 Å². The van der Waals surface area contributed by atoms with Gasteiger partial charge in [0.15, 0.2) is 0 Å². The molecule has 1 aromatic carbocycles. The summed E-state index contributed by atoms with van der Waals surface area (Å²) in [6.07, 6.45) is 4.62. The first-order valence-electron chi connectivity index (χ1n) is 10.2. The Morgan fingerprint density at radius 2 is 1.93 bits per heavy atom. The Kier molecular flexibility index (Phi) is 4.62. The van der Waals surface area contributed by atoms with Gasteiger partial charge in [0.25, 0.3) is 0 Å². The van der Waals surface area contributed by atoms with Crippen molar-refractivity contribution in [1.29, 1.82) is 0 Å². The fourth-order valence-corrected chi connectivity index (χ4v) is 5.14. The van der Waals surface area contributed by atoms with Crippen LogP contribution in [0.15, 0.2) is 24.3 Å². The number of halogens is 1. The van der Waals surface area contributed by atoms with E-state index in [0.717, 1.165) is 70.2 Å². The van der Waals surface area contributed by atoms with Gasteiger partial charge in [-0.1, -0.05) is 36.2 Å². The average Bonchev–Trinajstić information content (AvgIpc) is 3.02. The highest BCUT2D eigenvalue weighted by Crippen LogP contribution is 2.52. The van der Waals surface area contributed by atoms with Crippen molar-refractivity contribution in [2.45, 2.75) is 44.2 Å². The van der Waals surface area contributed by atoms with Crippen LogP contribution in [0.5, 0.6) is 0 Å². The highest BCUT2D eigenvalue weighted by molar-refractivity contribution is 6.31. The standard InChI is InChI=1S/C21H27ClN4O/c22-18-6-2-1-5-17(18)21(7-3-8-21)19-16(15-25-11-13-27-14-12-25)20-23-9-4-10-26(20)24-19/h1-2,5-6,23H,3-4,7-15H2. The van der Waals surface area contributed by atoms with Crippen molar-refractivity contribution in [2.75, 3.05) is 38.2 Å². The number of nitrogens with one attached hydrogen (secondary N) is 1. The fourth-order valence-electron chi connectivity index (χ4n) is 4.82. The molecule has 5 rings (SSSR count).